The standard InChI is InChI=1S/C21H16Cl2FN5O3S2/c1-29-19(10-15(27-29)8-12-2-5-14(22)6-3-12)26-20(30)13-4-7-17(16(24)9-13)34(31,32)28-21-25-11-18(23)33-21/h2-7,9-11H,8H2,1H3,(H,25,28)(H,26,30). The van der Waals surface area contributed by atoms with E-state index in [1.807, 2.05) is 12.1 Å². The van der Waals surface area contributed by atoms with Crippen LogP contribution < -0.4 is 10.0 Å². The zero-order chi connectivity index (χ0) is 24.5. The number of thiazole rings is 1. The van der Waals surface area contributed by atoms with Gasteiger partial charge in [0.2, 0.25) is 0 Å². The van der Waals surface area contributed by atoms with Crippen molar-refractivity contribution in [1.29, 1.82) is 0 Å². The predicted molar refractivity (Wildman–Crippen MR) is 130 cm³/mol. The topological polar surface area (TPSA) is 106 Å². The Labute approximate surface area is 208 Å². The largest absolute Gasteiger partial charge is 0.307 e. The minimum atomic E-state index is -4.26. The molecule has 176 valence electrons. The van der Waals surface area contributed by atoms with Crippen LogP contribution in [0.25, 0.3) is 0 Å². The second-order valence-electron chi connectivity index (χ2n) is 7.12. The number of carbonyl (C=O) groups excluding carboxylic acids is 1. The molecule has 0 radical (unpaired) electrons. The van der Waals surface area contributed by atoms with E-state index in [9.17, 15) is 17.6 Å². The molecular weight excluding hydrogens is 524 g/mol. The average molecular weight is 540 g/mol. The lowest BCUT2D eigenvalue weighted by atomic mass is 10.1. The Kier molecular flexibility index (Phi) is 6.89. The van der Waals surface area contributed by atoms with E-state index in [4.69, 9.17) is 23.2 Å². The van der Waals surface area contributed by atoms with Crippen molar-refractivity contribution in [2.75, 3.05) is 10.0 Å². The molecule has 0 aliphatic rings. The van der Waals surface area contributed by atoms with Gasteiger partial charge in [0.1, 0.15) is 20.9 Å². The summed E-state index contributed by atoms with van der Waals surface area (Å²) in [6, 6.07) is 12.1. The van der Waals surface area contributed by atoms with Crippen LogP contribution in [0.4, 0.5) is 15.3 Å². The van der Waals surface area contributed by atoms with E-state index in [1.54, 1.807) is 25.2 Å². The Bertz CT molecular complexity index is 1470. The first kappa shape index (κ1) is 24.1. The molecule has 4 rings (SSSR count). The quantitative estimate of drug-likeness (QED) is 0.345. The second kappa shape index (κ2) is 9.71. The lowest BCUT2D eigenvalue weighted by Gasteiger charge is -2.09. The maximum Gasteiger partial charge on any atom is 0.266 e. The summed E-state index contributed by atoms with van der Waals surface area (Å²) in [5, 5.41) is 7.66. The molecule has 0 bridgehead atoms. The van der Waals surface area contributed by atoms with Gasteiger partial charge in [-0.05, 0) is 35.9 Å². The number of carbonyl (C=O) groups is 1. The van der Waals surface area contributed by atoms with E-state index in [2.05, 4.69) is 20.1 Å². The van der Waals surface area contributed by atoms with Gasteiger partial charge in [-0.3, -0.25) is 14.2 Å². The van der Waals surface area contributed by atoms with Crippen molar-refractivity contribution in [3.8, 4) is 0 Å². The van der Waals surface area contributed by atoms with Gasteiger partial charge in [0.05, 0.1) is 11.9 Å². The van der Waals surface area contributed by atoms with Crippen LogP contribution in [-0.4, -0.2) is 29.1 Å². The van der Waals surface area contributed by atoms with Gasteiger partial charge in [-0.2, -0.15) is 5.10 Å². The fourth-order valence-corrected chi connectivity index (χ4v) is 5.30. The fourth-order valence-electron chi connectivity index (χ4n) is 3.06. The van der Waals surface area contributed by atoms with E-state index >= 15 is 0 Å². The first-order valence-electron chi connectivity index (χ1n) is 9.63. The maximum atomic E-state index is 14.6. The molecular formula is C21H16Cl2FN5O3S2. The summed E-state index contributed by atoms with van der Waals surface area (Å²) in [7, 11) is -2.60. The molecule has 1 amide bonds. The molecule has 0 aliphatic heterocycles. The number of nitrogens with zero attached hydrogens (tertiary/aromatic N) is 3. The van der Waals surface area contributed by atoms with Crippen molar-refractivity contribution in [2.24, 2.45) is 7.05 Å². The Morgan fingerprint density at radius 1 is 1.15 bits per heavy atom. The molecule has 2 heterocycles. The third kappa shape index (κ3) is 5.55. The number of benzene rings is 2. The summed E-state index contributed by atoms with van der Waals surface area (Å²) in [6.45, 7) is 0. The summed E-state index contributed by atoms with van der Waals surface area (Å²) in [6.07, 6.45) is 1.80. The fraction of sp³-hybridized carbons (Fsp3) is 0.0952. The van der Waals surface area contributed by atoms with E-state index in [0.29, 0.717) is 23.0 Å². The zero-order valence-corrected chi connectivity index (χ0v) is 20.6. The highest BCUT2D eigenvalue weighted by Gasteiger charge is 2.22. The number of sulfonamides is 1. The Morgan fingerprint density at radius 2 is 1.88 bits per heavy atom. The smallest absolute Gasteiger partial charge is 0.266 e. The number of aryl methyl sites for hydroxylation is 1. The zero-order valence-electron chi connectivity index (χ0n) is 17.4. The molecule has 0 spiro atoms. The van der Waals surface area contributed by atoms with Crippen LogP contribution in [-0.2, 0) is 23.5 Å². The van der Waals surface area contributed by atoms with Crippen LogP contribution in [0, 0.1) is 5.82 Å². The van der Waals surface area contributed by atoms with E-state index in [-0.39, 0.29) is 15.0 Å². The number of anilines is 2. The average Bonchev–Trinajstić information content (AvgIpc) is 3.33. The van der Waals surface area contributed by atoms with Gasteiger partial charge in [-0.1, -0.05) is 46.7 Å². The van der Waals surface area contributed by atoms with E-state index in [0.717, 1.165) is 29.0 Å². The first-order valence-corrected chi connectivity index (χ1v) is 12.7. The van der Waals surface area contributed by atoms with Gasteiger partial charge in [0, 0.05) is 30.1 Å². The molecule has 2 aromatic heterocycles. The van der Waals surface area contributed by atoms with Crippen molar-refractivity contribution in [2.45, 2.75) is 11.3 Å². The molecule has 0 saturated carbocycles. The van der Waals surface area contributed by atoms with Crippen LogP contribution >= 0.6 is 34.5 Å². The van der Waals surface area contributed by atoms with Crippen LogP contribution in [0.5, 0.6) is 0 Å². The number of hydrogen-bond acceptors (Lipinski definition) is 6. The highest BCUT2D eigenvalue weighted by molar-refractivity contribution is 7.93. The number of aromatic nitrogens is 3. The SMILES string of the molecule is Cn1nc(Cc2ccc(Cl)cc2)cc1NC(=O)c1ccc(S(=O)(=O)Nc2ncc(Cl)s2)c(F)c1. The van der Waals surface area contributed by atoms with Crippen LogP contribution in [0.3, 0.4) is 0 Å². The van der Waals surface area contributed by atoms with Gasteiger partial charge in [0.15, 0.2) is 5.13 Å². The van der Waals surface area contributed by atoms with Gasteiger partial charge in [-0.25, -0.2) is 17.8 Å². The first-order chi connectivity index (χ1) is 16.1. The lowest BCUT2D eigenvalue weighted by Crippen LogP contribution is -2.17. The van der Waals surface area contributed by atoms with Gasteiger partial charge >= 0.3 is 0 Å². The molecule has 4 aromatic rings. The van der Waals surface area contributed by atoms with Gasteiger partial charge in [0.25, 0.3) is 15.9 Å². The summed E-state index contributed by atoms with van der Waals surface area (Å²) in [4.78, 5) is 15.8. The van der Waals surface area contributed by atoms with Crippen LogP contribution in [0.15, 0.2) is 59.6 Å². The lowest BCUT2D eigenvalue weighted by molar-refractivity contribution is 0.102. The summed E-state index contributed by atoms with van der Waals surface area (Å²) >= 11 is 12.5. The molecule has 0 saturated heterocycles. The number of amides is 1. The van der Waals surface area contributed by atoms with Crippen molar-refractivity contribution in [3.05, 3.63) is 86.7 Å². The third-order valence-corrected chi connectivity index (χ3v) is 7.44. The van der Waals surface area contributed by atoms with Crippen LogP contribution in [0.1, 0.15) is 21.6 Å². The molecule has 13 heteroatoms. The molecule has 8 nitrogen and oxygen atoms in total. The second-order valence-corrected chi connectivity index (χ2v) is 10.9. The number of nitrogens with one attached hydrogen (secondary N) is 2. The normalized spacial score (nSPS) is 11.4. The summed E-state index contributed by atoms with van der Waals surface area (Å²) in [5.74, 6) is -1.31. The highest BCUT2D eigenvalue weighted by Crippen LogP contribution is 2.26. The maximum absolute atomic E-state index is 14.6. The Balaban J connectivity index is 1.48. The number of halogens is 3. The molecule has 0 atom stereocenters. The highest BCUT2D eigenvalue weighted by atomic mass is 35.5. The predicted octanol–water partition coefficient (Wildman–Crippen LogP) is 4.97. The molecule has 0 fully saturated rings. The van der Waals surface area contributed by atoms with E-state index < -0.39 is 26.6 Å². The van der Waals surface area contributed by atoms with E-state index in [1.165, 1.54) is 16.9 Å². The van der Waals surface area contributed by atoms with Gasteiger partial charge in [-0.15, -0.1) is 0 Å². The molecule has 0 aliphatic carbocycles. The Hall–Kier alpha value is -2.99. The monoisotopic (exact) mass is 539 g/mol. The minimum Gasteiger partial charge on any atom is -0.307 e. The number of hydrogen-bond donors (Lipinski definition) is 2. The van der Waals surface area contributed by atoms with Gasteiger partial charge < -0.3 is 5.32 Å². The van der Waals surface area contributed by atoms with Crippen molar-refractivity contribution < 1.29 is 17.6 Å². The summed E-state index contributed by atoms with van der Waals surface area (Å²) < 4.78 is 43.5. The Morgan fingerprint density at radius 3 is 2.53 bits per heavy atom. The number of rotatable bonds is 7. The molecule has 2 aromatic carbocycles. The molecule has 34 heavy (non-hydrogen) atoms. The van der Waals surface area contributed by atoms with Crippen molar-refractivity contribution in [1.82, 2.24) is 14.8 Å². The van der Waals surface area contributed by atoms with Crippen molar-refractivity contribution in [3.63, 3.8) is 0 Å². The van der Waals surface area contributed by atoms with Crippen molar-refractivity contribution >= 4 is 61.4 Å². The molecule has 2 N–H and O–H groups in total. The summed E-state index contributed by atoms with van der Waals surface area (Å²) in [5.41, 5.74) is 1.64. The third-order valence-electron chi connectivity index (χ3n) is 4.65. The molecule has 0 unspecified atom stereocenters. The van der Waals surface area contributed by atoms with Crippen LogP contribution in [0.2, 0.25) is 9.36 Å². The minimum absolute atomic E-state index is 0.00293.